The van der Waals surface area contributed by atoms with Crippen LogP contribution in [0.1, 0.15) is 35.3 Å². The van der Waals surface area contributed by atoms with Gasteiger partial charge in [0.2, 0.25) is 0 Å². The first-order valence-corrected chi connectivity index (χ1v) is 6.55. The predicted octanol–water partition coefficient (Wildman–Crippen LogP) is 4.15. The SMILES string of the molecule is Cc1ccc(C(=O)c2cccc(OC(C)C)c2)c(F)c1. The van der Waals surface area contributed by atoms with E-state index < -0.39 is 5.82 Å². The minimum Gasteiger partial charge on any atom is -0.491 e. The van der Waals surface area contributed by atoms with Gasteiger partial charge in [0.1, 0.15) is 11.6 Å². The molecular weight excluding hydrogens is 255 g/mol. The van der Waals surface area contributed by atoms with Crippen LogP contribution in [-0.4, -0.2) is 11.9 Å². The molecule has 0 fully saturated rings. The number of rotatable bonds is 4. The van der Waals surface area contributed by atoms with Gasteiger partial charge in [-0.1, -0.05) is 18.2 Å². The zero-order valence-electron chi connectivity index (χ0n) is 11.8. The number of hydrogen-bond donors (Lipinski definition) is 0. The van der Waals surface area contributed by atoms with E-state index in [-0.39, 0.29) is 17.5 Å². The van der Waals surface area contributed by atoms with E-state index in [9.17, 15) is 9.18 Å². The van der Waals surface area contributed by atoms with Gasteiger partial charge in [0.25, 0.3) is 0 Å². The molecule has 20 heavy (non-hydrogen) atoms. The molecule has 0 aliphatic carbocycles. The van der Waals surface area contributed by atoms with Gasteiger partial charge in [0, 0.05) is 5.56 Å². The largest absolute Gasteiger partial charge is 0.491 e. The Morgan fingerprint density at radius 2 is 1.90 bits per heavy atom. The second-order valence-electron chi connectivity index (χ2n) is 5.01. The van der Waals surface area contributed by atoms with E-state index in [1.807, 2.05) is 13.8 Å². The van der Waals surface area contributed by atoms with Crippen LogP contribution in [0.15, 0.2) is 42.5 Å². The minimum atomic E-state index is -0.495. The lowest BCUT2D eigenvalue weighted by Crippen LogP contribution is -2.08. The molecular formula is C17H17FO2. The van der Waals surface area contributed by atoms with Gasteiger partial charge in [-0.05, 0) is 50.6 Å². The fourth-order valence-corrected chi connectivity index (χ4v) is 1.94. The Hall–Kier alpha value is -2.16. The van der Waals surface area contributed by atoms with Crippen molar-refractivity contribution in [3.8, 4) is 5.75 Å². The van der Waals surface area contributed by atoms with E-state index in [0.29, 0.717) is 11.3 Å². The quantitative estimate of drug-likeness (QED) is 0.781. The smallest absolute Gasteiger partial charge is 0.196 e. The van der Waals surface area contributed by atoms with Crippen LogP contribution in [0.4, 0.5) is 4.39 Å². The predicted molar refractivity (Wildman–Crippen MR) is 76.8 cm³/mol. The average Bonchev–Trinajstić information content (AvgIpc) is 2.37. The summed E-state index contributed by atoms with van der Waals surface area (Å²) < 4.78 is 19.4. The van der Waals surface area contributed by atoms with Gasteiger partial charge in [-0.3, -0.25) is 4.79 Å². The van der Waals surface area contributed by atoms with Crippen LogP contribution in [-0.2, 0) is 0 Å². The molecule has 3 heteroatoms. The molecule has 104 valence electrons. The van der Waals surface area contributed by atoms with Gasteiger partial charge in [0.05, 0.1) is 11.7 Å². The molecule has 0 N–H and O–H groups in total. The number of carbonyl (C=O) groups excluding carboxylic acids is 1. The Morgan fingerprint density at radius 1 is 1.15 bits per heavy atom. The summed E-state index contributed by atoms with van der Waals surface area (Å²) >= 11 is 0. The van der Waals surface area contributed by atoms with Crippen LogP contribution < -0.4 is 4.74 Å². The molecule has 2 rings (SSSR count). The first-order valence-electron chi connectivity index (χ1n) is 6.55. The van der Waals surface area contributed by atoms with Gasteiger partial charge < -0.3 is 4.74 Å². The van der Waals surface area contributed by atoms with Crippen molar-refractivity contribution in [2.45, 2.75) is 26.9 Å². The van der Waals surface area contributed by atoms with Gasteiger partial charge in [-0.2, -0.15) is 0 Å². The Morgan fingerprint density at radius 3 is 2.55 bits per heavy atom. The molecule has 0 amide bonds. The maximum Gasteiger partial charge on any atom is 0.196 e. The highest BCUT2D eigenvalue weighted by Gasteiger charge is 2.14. The molecule has 0 aromatic heterocycles. The summed E-state index contributed by atoms with van der Waals surface area (Å²) in [4.78, 5) is 12.3. The van der Waals surface area contributed by atoms with Gasteiger partial charge in [0.15, 0.2) is 5.78 Å². The summed E-state index contributed by atoms with van der Waals surface area (Å²) in [6, 6.07) is 11.4. The van der Waals surface area contributed by atoms with E-state index in [1.165, 1.54) is 12.1 Å². The molecule has 0 unspecified atom stereocenters. The summed E-state index contributed by atoms with van der Waals surface area (Å²) in [6.45, 7) is 5.61. The normalized spacial score (nSPS) is 10.7. The lowest BCUT2D eigenvalue weighted by atomic mass is 10.0. The number of benzene rings is 2. The van der Waals surface area contributed by atoms with E-state index in [0.717, 1.165) is 5.56 Å². The van der Waals surface area contributed by atoms with Crippen LogP contribution in [0.5, 0.6) is 5.75 Å². The van der Waals surface area contributed by atoms with Gasteiger partial charge >= 0.3 is 0 Å². The number of carbonyl (C=O) groups is 1. The van der Waals surface area contributed by atoms with Crippen molar-refractivity contribution in [1.29, 1.82) is 0 Å². The standard InChI is InChI=1S/C17H17FO2/c1-11(2)20-14-6-4-5-13(10-14)17(19)15-8-7-12(3)9-16(15)18/h4-11H,1-3H3. The van der Waals surface area contributed by atoms with Crippen LogP contribution in [0.3, 0.4) is 0 Å². The van der Waals surface area contributed by atoms with Gasteiger partial charge in [-0.25, -0.2) is 4.39 Å². The van der Waals surface area contributed by atoms with Gasteiger partial charge in [-0.15, -0.1) is 0 Å². The molecule has 0 bridgehead atoms. The Bertz CT molecular complexity index is 633. The monoisotopic (exact) mass is 272 g/mol. The van der Waals surface area contributed by atoms with Crippen LogP contribution in [0.25, 0.3) is 0 Å². The third-order valence-electron chi connectivity index (χ3n) is 2.84. The number of hydrogen-bond acceptors (Lipinski definition) is 2. The second-order valence-corrected chi connectivity index (χ2v) is 5.01. The van der Waals surface area contributed by atoms with Crippen LogP contribution >= 0.6 is 0 Å². The van der Waals surface area contributed by atoms with Crippen molar-refractivity contribution in [2.75, 3.05) is 0 Å². The molecule has 0 radical (unpaired) electrons. The minimum absolute atomic E-state index is 0.0245. The zero-order valence-corrected chi connectivity index (χ0v) is 11.8. The third kappa shape index (κ3) is 3.23. The Balaban J connectivity index is 2.33. The summed E-state index contributed by atoms with van der Waals surface area (Å²) in [7, 11) is 0. The van der Waals surface area contributed by atoms with E-state index >= 15 is 0 Å². The number of ketones is 1. The van der Waals surface area contributed by atoms with Crippen molar-refractivity contribution in [1.82, 2.24) is 0 Å². The highest BCUT2D eigenvalue weighted by atomic mass is 19.1. The highest BCUT2D eigenvalue weighted by molar-refractivity contribution is 6.09. The topological polar surface area (TPSA) is 26.3 Å². The first kappa shape index (κ1) is 14.3. The molecule has 0 saturated carbocycles. The average molecular weight is 272 g/mol. The molecule has 2 aromatic rings. The van der Waals surface area contributed by atoms with Crippen molar-refractivity contribution in [2.24, 2.45) is 0 Å². The van der Waals surface area contributed by atoms with E-state index in [4.69, 9.17) is 4.74 Å². The van der Waals surface area contributed by atoms with Crippen LogP contribution in [0, 0.1) is 12.7 Å². The number of ether oxygens (including phenoxy) is 1. The number of aryl methyl sites for hydroxylation is 1. The number of halogens is 1. The molecule has 2 nitrogen and oxygen atoms in total. The van der Waals surface area contributed by atoms with Crippen LogP contribution in [0.2, 0.25) is 0 Å². The van der Waals surface area contributed by atoms with Crippen molar-refractivity contribution >= 4 is 5.78 Å². The molecule has 0 saturated heterocycles. The summed E-state index contributed by atoms with van der Waals surface area (Å²) in [6.07, 6.45) is 0.0245. The molecule has 0 spiro atoms. The van der Waals surface area contributed by atoms with Crippen molar-refractivity contribution in [3.05, 3.63) is 65.0 Å². The maximum atomic E-state index is 13.8. The van der Waals surface area contributed by atoms with Crippen molar-refractivity contribution < 1.29 is 13.9 Å². The third-order valence-corrected chi connectivity index (χ3v) is 2.84. The maximum absolute atomic E-state index is 13.8. The fraction of sp³-hybridized carbons (Fsp3) is 0.235. The lowest BCUT2D eigenvalue weighted by molar-refractivity contribution is 0.103. The lowest BCUT2D eigenvalue weighted by Gasteiger charge is -2.10. The Labute approximate surface area is 118 Å². The molecule has 0 aliphatic rings. The highest BCUT2D eigenvalue weighted by Crippen LogP contribution is 2.19. The van der Waals surface area contributed by atoms with E-state index in [2.05, 4.69) is 0 Å². The zero-order chi connectivity index (χ0) is 14.7. The molecule has 2 aromatic carbocycles. The van der Waals surface area contributed by atoms with Crippen molar-refractivity contribution in [3.63, 3.8) is 0 Å². The molecule has 0 heterocycles. The second kappa shape index (κ2) is 5.87. The Kier molecular flexibility index (Phi) is 4.18. The summed E-state index contributed by atoms with van der Waals surface area (Å²) in [5.41, 5.74) is 1.29. The van der Waals surface area contributed by atoms with E-state index in [1.54, 1.807) is 37.3 Å². The summed E-state index contributed by atoms with van der Waals surface area (Å²) in [5.74, 6) is -0.222. The molecule has 0 aliphatic heterocycles. The summed E-state index contributed by atoms with van der Waals surface area (Å²) in [5, 5.41) is 0. The fourth-order valence-electron chi connectivity index (χ4n) is 1.94. The molecule has 0 atom stereocenters. The first-order chi connectivity index (χ1) is 9.47.